The van der Waals surface area contributed by atoms with E-state index in [1.54, 1.807) is 24.7 Å². The van der Waals surface area contributed by atoms with E-state index in [0.29, 0.717) is 22.9 Å². The Kier molecular flexibility index (Phi) is 5.18. The van der Waals surface area contributed by atoms with Gasteiger partial charge in [-0.05, 0) is 37.9 Å². The first kappa shape index (κ1) is 18.1. The second kappa shape index (κ2) is 7.74. The maximum Gasteiger partial charge on any atom is 0.280 e. The number of anilines is 1. The molecular weight excluding hydrogens is 380 g/mol. The van der Waals surface area contributed by atoms with E-state index in [2.05, 4.69) is 26.7 Å². The third-order valence-corrected chi connectivity index (χ3v) is 6.50. The molecular formula is C18H20N6OS2. The Hall–Kier alpha value is -2.31. The summed E-state index contributed by atoms with van der Waals surface area (Å²) in [6.45, 7) is 4.14. The summed E-state index contributed by atoms with van der Waals surface area (Å²) in [5.74, 6) is 6.79. The van der Waals surface area contributed by atoms with Gasteiger partial charge in [0.1, 0.15) is 0 Å². The zero-order chi connectivity index (χ0) is 18.8. The molecule has 9 heteroatoms. The van der Waals surface area contributed by atoms with Gasteiger partial charge in [0.2, 0.25) is 5.95 Å². The number of thiazole rings is 1. The zero-order valence-corrected chi connectivity index (χ0v) is 16.9. The number of imidazole rings is 1. The molecule has 0 spiro atoms. The van der Waals surface area contributed by atoms with Crippen LogP contribution in [0.1, 0.15) is 26.2 Å². The highest BCUT2D eigenvalue weighted by Gasteiger charge is 2.23. The van der Waals surface area contributed by atoms with Gasteiger partial charge in [-0.2, -0.15) is 4.98 Å². The van der Waals surface area contributed by atoms with Gasteiger partial charge >= 0.3 is 0 Å². The van der Waals surface area contributed by atoms with Crippen molar-refractivity contribution in [3.05, 3.63) is 21.9 Å². The van der Waals surface area contributed by atoms with Crippen molar-refractivity contribution in [2.75, 3.05) is 18.0 Å². The van der Waals surface area contributed by atoms with Crippen LogP contribution in [0.2, 0.25) is 0 Å². The van der Waals surface area contributed by atoms with Crippen molar-refractivity contribution in [2.45, 2.75) is 42.2 Å². The van der Waals surface area contributed by atoms with Gasteiger partial charge < -0.3 is 4.90 Å². The van der Waals surface area contributed by atoms with E-state index in [1.165, 1.54) is 29.5 Å². The molecule has 1 fully saturated rings. The molecule has 3 aromatic heterocycles. The summed E-state index contributed by atoms with van der Waals surface area (Å²) in [7, 11) is 1.74. The van der Waals surface area contributed by atoms with Gasteiger partial charge in [0.05, 0.1) is 6.54 Å². The third kappa shape index (κ3) is 3.47. The Bertz CT molecular complexity index is 1070. The predicted octanol–water partition coefficient (Wildman–Crippen LogP) is 2.75. The van der Waals surface area contributed by atoms with Crippen LogP contribution in [0, 0.1) is 11.8 Å². The molecule has 1 aliphatic heterocycles. The molecule has 0 N–H and O–H groups in total. The molecule has 0 atom stereocenters. The Morgan fingerprint density at radius 3 is 2.78 bits per heavy atom. The topological polar surface area (TPSA) is 68.8 Å². The van der Waals surface area contributed by atoms with Crippen LogP contribution in [-0.4, -0.2) is 37.2 Å². The Labute approximate surface area is 165 Å². The maximum absolute atomic E-state index is 13.1. The van der Waals surface area contributed by atoms with Crippen molar-refractivity contribution in [3.63, 3.8) is 0 Å². The number of fused-ring (bicyclic) bond motifs is 1. The second-order valence-electron chi connectivity index (χ2n) is 6.30. The quantitative estimate of drug-likeness (QED) is 0.495. The van der Waals surface area contributed by atoms with Crippen LogP contribution in [-0.2, 0) is 13.6 Å². The predicted molar refractivity (Wildman–Crippen MR) is 109 cm³/mol. The van der Waals surface area contributed by atoms with E-state index in [9.17, 15) is 4.79 Å². The summed E-state index contributed by atoms with van der Waals surface area (Å²) in [4.78, 5) is 29.1. The van der Waals surface area contributed by atoms with Crippen molar-refractivity contribution < 1.29 is 0 Å². The van der Waals surface area contributed by atoms with E-state index in [4.69, 9.17) is 4.98 Å². The van der Waals surface area contributed by atoms with E-state index in [-0.39, 0.29) is 5.56 Å². The first-order valence-corrected chi connectivity index (χ1v) is 10.6. The minimum absolute atomic E-state index is 0.104. The van der Waals surface area contributed by atoms with E-state index in [1.807, 2.05) is 9.95 Å². The molecule has 0 unspecified atom stereocenters. The summed E-state index contributed by atoms with van der Waals surface area (Å²) < 4.78 is 4.35. The molecule has 3 aromatic rings. The molecule has 4 rings (SSSR count). The monoisotopic (exact) mass is 400 g/mol. The Balaban J connectivity index is 1.86. The Morgan fingerprint density at radius 2 is 2.07 bits per heavy atom. The lowest BCUT2D eigenvalue weighted by Gasteiger charge is -2.27. The fourth-order valence-electron chi connectivity index (χ4n) is 3.20. The SMILES string of the molecule is CC#CCn1c(N2CCCCC2)nc2nc(Sc3nccs3)n(C)c(=O)c21. The number of hydrogen-bond acceptors (Lipinski definition) is 7. The molecule has 4 heterocycles. The highest BCUT2D eigenvalue weighted by Crippen LogP contribution is 2.29. The van der Waals surface area contributed by atoms with Crippen molar-refractivity contribution in [2.24, 2.45) is 7.05 Å². The van der Waals surface area contributed by atoms with Gasteiger partial charge in [-0.25, -0.2) is 9.97 Å². The summed E-state index contributed by atoms with van der Waals surface area (Å²) in [5, 5.41) is 2.50. The summed E-state index contributed by atoms with van der Waals surface area (Å²) in [5.41, 5.74) is 0.896. The first-order valence-electron chi connectivity index (χ1n) is 8.88. The number of nitrogens with zero attached hydrogens (tertiary/aromatic N) is 6. The number of hydrogen-bond donors (Lipinski definition) is 0. The number of rotatable bonds is 4. The van der Waals surface area contributed by atoms with Crippen molar-refractivity contribution >= 4 is 40.2 Å². The van der Waals surface area contributed by atoms with E-state index >= 15 is 0 Å². The van der Waals surface area contributed by atoms with Crippen LogP contribution in [0.25, 0.3) is 11.2 Å². The van der Waals surface area contributed by atoms with Crippen LogP contribution >= 0.6 is 23.1 Å². The summed E-state index contributed by atoms with van der Waals surface area (Å²) in [6.07, 6.45) is 5.26. The van der Waals surface area contributed by atoms with Gasteiger partial charge in [-0.1, -0.05) is 5.92 Å². The van der Waals surface area contributed by atoms with Gasteiger partial charge in [-0.3, -0.25) is 13.9 Å². The highest BCUT2D eigenvalue weighted by atomic mass is 32.2. The fraction of sp³-hybridized carbons (Fsp3) is 0.444. The second-order valence-corrected chi connectivity index (χ2v) is 8.41. The zero-order valence-electron chi connectivity index (χ0n) is 15.3. The van der Waals surface area contributed by atoms with Gasteiger partial charge in [0.25, 0.3) is 5.56 Å². The fourth-order valence-corrected chi connectivity index (χ4v) is 4.77. The van der Waals surface area contributed by atoms with Crippen LogP contribution in [0.15, 0.2) is 25.9 Å². The van der Waals surface area contributed by atoms with Crippen LogP contribution in [0.3, 0.4) is 0 Å². The largest absolute Gasteiger partial charge is 0.342 e. The van der Waals surface area contributed by atoms with Gasteiger partial charge in [0, 0.05) is 31.7 Å². The lowest BCUT2D eigenvalue weighted by molar-refractivity contribution is 0.561. The lowest BCUT2D eigenvalue weighted by atomic mass is 10.1. The van der Waals surface area contributed by atoms with Crippen LogP contribution in [0.4, 0.5) is 5.95 Å². The number of aromatic nitrogens is 5. The van der Waals surface area contributed by atoms with Gasteiger partial charge in [0.15, 0.2) is 20.7 Å². The molecule has 1 aliphatic rings. The van der Waals surface area contributed by atoms with Crippen molar-refractivity contribution in [3.8, 4) is 11.8 Å². The average molecular weight is 401 g/mol. The molecule has 0 bridgehead atoms. The molecule has 0 aliphatic carbocycles. The third-order valence-electron chi connectivity index (χ3n) is 4.57. The molecule has 27 heavy (non-hydrogen) atoms. The van der Waals surface area contributed by atoms with Crippen molar-refractivity contribution in [1.82, 2.24) is 24.1 Å². The van der Waals surface area contributed by atoms with E-state index in [0.717, 1.165) is 36.2 Å². The molecule has 140 valence electrons. The van der Waals surface area contributed by atoms with E-state index < -0.39 is 0 Å². The lowest BCUT2D eigenvalue weighted by Crippen LogP contribution is -2.32. The smallest absolute Gasteiger partial charge is 0.280 e. The molecule has 1 saturated heterocycles. The summed E-state index contributed by atoms with van der Waals surface area (Å²) >= 11 is 2.91. The molecule has 0 saturated carbocycles. The van der Waals surface area contributed by atoms with Crippen LogP contribution < -0.4 is 10.5 Å². The Morgan fingerprint density at radius 1 is 1.26 bits per heavy atom. The maximum atomic E-state index is 13.1. The highest BCUT2D eigenvalue weighted by molar-refractivity contribution is 8.00. The molecule has 0 aromatic carbocycles. The standard InChI is InChI=1S/C18H20N6OS2/c1-3-4-11-24-13-14(20-16(24)23-9-6-5-7-10-23)21-17(22(2)15(13)25)27-18-19-8-12-26-18/h8,12H,5-7,9-11H2,1-2H3. The van der Waals surface area contributed by atoms with Gasteiger partial charge in [-0.15, -0.1) is 17.3 Å². The first-order chi connectivity index (χ1) is 13.2. The van der Waals surface area contributed by atoms with Crippen molar-refractivity contribution in [1.29, 1.82) is 0 Å². The normalized spacial score (nSPS) is 14.4. The minimum atomic E-state index is -0.104. The molecule has 0 radical (unpaired) electrons. The van der Waals surface area contributed by atoms with Crippen LogP contribution in [0.5, 0.6) is 0 Å². The molecule has 7 nitrogen and oxygen atoms in total. The average Bonchev–Trinajstić information content (AvgIpc) is 3.32. The molecule has 0 amide bonds. The summed E-state index contributed by atoms with van der Waals surface area (Å²) in [6, 6.07) is 0. The number of piperidine rings is 1. The minimum Gasteiger partial charge on any atom is -0.342 e.